The van der Waals surface area contributed by atoms with E-state index in [0.717, 1.165) is 25.9 Å². The van der Waals surface area contributed by atoms with Crippen LogP contribution in [0.3, 0.4) is 0 Å². The van der Waals surface area contributed by atoms with Crippen LogP contribution in [0.15, 0.2) is 12.4 Å². The summed E-state index contributed by atoms with van der Waals surface area (Å²) < 4.78 is 0. The minimum Gasteiger partial charge on any atom is -0.382 e. The maximum absolute atomic E-state index is 12.2. The Labute approximate surface area is 101 Å². The molecule has 0 aliphatic carbocycles. The topological polar surface area (TPSA) is 72.1 Å². The van der Waals surface area contributed by atoms with Crippen molar-refractivity contribution in [1.29, 1.82) is 0 Å². The minimum atomic E-state index is -0.0856. The summed E-state index contributed by atoms with van der Waals surface area (Å²) in [6, 6.07) is 0. The molecule has 2 N–H and O–H groups in total. The number of nitrogen functional groups attached to an aromatic ring is 1. The van der Waals surface area contributed by atoms with Gasteiger partial charge >= 0.3 is 0 Å². The van der Waals surface area contributed by atoms with Gasteiger partial charge in [0.2, 0.25) is 0 Å². The van der Waals surface area contributed by atoms with Gasteiger partial charge in [0.15, 0.2) is 11.5 Å². The summed E-state index contributed by atoms with van der Waals surface area (Å²) >= 11 is 0. The Morgan fingerprint density at radius 2 is 1.65 bits per heavy atom. The third-order valence-corrected chi connectivity index (χ3v) is 3.07. The third-order valence-electron chi connectivity index (χ3n) is 3.07. The van der Waals surface area contributed by atoms with Gasteiger partial charge in [-0.05, 0) is 12.8 Å². The number of hydrogen-bond acceptors (Lipinski definition) is 4. The number of carbonyl (C=O) groups is 1. The van der Waals surface area contributed by atoms with Crippen molar-refractivity contribution in [2.45, 2.75) is 32.1 Å². The van der Waals surface area contributed by atoms with Crippen LogP contribution in [0, 0.1) is 0 Å². The van der Waals surface area contributed by atoms with E-state index in [-0.39, 0.29) is 17.4 Å². The number of carbonyl (C=O) groups excluding carboxylic acids is 1. The van der Waals surface area contributed by atoms with Crippen LogP contribution in [-0.4, -0.2) is 33.9 Å². The standard InChI is InChI=1S/C12H18N4O/c13-11-10(14-6-7-15-11)12(17)16-8-4-2-1-3-5-9-16/h6-7H,1-5,8-9H2,(H2,13,15). The fourth-order valence-electron chi connectivity index (χ4n) is 2.11. The van der Waals surface area contributed by atoms with Gasteiger partial charge in [0.05, 0.1) is 0 Å². The average Bonchev–Trinajstić information content (AvgIpc) is 2.28. The highest BCUT2D eigenvalue weighted by Gasteiger charge is 2.20. The van der Waals surface area contributed by atoms with E-state index < -0.39 is 0 Å². The second-order valence-electron chi connectivity index (χ2n) is 4.35. The second kappa shape index (κ2) is 5.61. The molecular formula is C12H18N4O. The number of hydrogen-bond donors (Lipinski definition) is 1. The SMILES string of the molecule is Nc1nccnc1C(=O)N1CCCCCCC1. The van der Waals surface area contributed by atoms with Crippen LogP contribution in [0.2, 0.25) is 0 Å². The van der Waals surface area contributed by atoms with Crippen molar-refractivity contribution in [3.05, 3.63) is 18.1 Å². The fraction of sp³-hybridized carbons (Fsp3) is 0.583. The number of likely N-dealkylation sites (tertiary alicyclic amines) is 1. The average molecular weight is 234 g/mol. The van der Waals surface area contributed by atoms with Gasteiger partial charge in [-0.2, -0.15) is 0 Å². The van der Waals surface area contributed by atoms with Crippen molar-refractivity contribution in [2.75, 3.05) is 18.8 Å². The molecule has 0 saturated carbocycles. The molecule has 5 nitrogen and oxygen atoms in total. The lowest BCUT2D eigenvalue weighted by Crippen LogP contribution is -2.34. The molecule has 17 heavy (non-hydrogen) atoms. The molecule has 0 radical (unpaired) electrons. The zero-order valence-corrected chi connectivity index (χ0v) is 9.93. The molecule has 1 amide bonds. The number of aromatic nitrogens is 2. The van der Waals surface area contributed by atoms with E-state index in [1.54, 1.807) is 0 Å². The zero-order chi connectivity index (χ0) is 12.1. The maximum atomic E-state index is 12.2. The van der Waals surface area contributed by atoms with Crippen molar-refractivity contribution in [2.24, 2.45) is 0 Å². The van der Waals surface area contributed by atoms with Gasteiger partial charge in [0.25, 0.3) is 5.91 Å². The molecule has 0 spiro atoms. The quantitative estimate of drug-likeness (QED) is 0.798. The largest absolute Gasteiger partial charge is 0.382 e. The molecule has 2 rings (SSSR count). The van der Waals surface area contributed by atoms with E-state index in [1.807, 2.05) is 4.90 Å². The molecule has 0 unspecified atom stereocenters. The number of anilines is 1. The summed E-state index contributed by atoms with van der Waals surface area (Å²) in [4.78, 5) is 22.0. The number of nitrogens with two attached hydrogens (primary N) is 1. The van der Waals surface area contributed by atoms with Crippen LogP contribution in [0.4, 0.5) is 5.82 Å². The lowest BCUT2D eigenvalue weighted by molar-refractivity contribution is 0.0737. The molecule has 92 valence electrons. The molecule has 0 aromatic carbocycles. The molecule has 1 aliphatic heterocycles. The van der Waals surface area contributed by atoms with E-state index >= 15 is 0 Å². The summed E-state index contributed by atoms with van der Waals surface area (Å²) in [5, 5.41) is 0. The van der Waals surface area contributed by atoms with Crippen LogP contribution in [0.25, 0.3) is 0 Å². The first-order chi connectivity index (χ1) is 8.29. The van der Waals surface area contributed by atoms with Crippen LogP contribution < -0.4 is 5.73 Å². The fourth-order valence-corrected chi connectivity index (χ4v) is 2.11. The van der Waals surface area contributed by atoms with Gasteiger partial charge in [-0.3, -0.25) is 4.79 Å². The lowest BCUT2D eigenvalue weighted by atomic mass is 10.1. The Morgan fingerprint density at radius 3 is 2.29 bits per heavy atom. The van der Waals surface area contributed by atoms with Crippen molar-refractivity contribution in [3.8, 4) is 0 Å². The molecule has 1 aromatic heterocycles. The van der Waals surface area contributed by atoms with Crippen molar-refractivity contribution in [1.82, 2.24) is 14.9 Å². The smallest absolute Gasteiger partial charge is 0.276 e. The number of nitrogens with zero attached hydrogens (tertiary/aromatic N) is 3. The Bertz CT molecular complexity index is 386. The van der Waals surface area contributed by atoms with E-state index in [2.05, 4.69) is 9.97 Å². The van der Waals surface area contributed by atoms with E-state index in [4.69, 9.17) is 5.73 Å². The predicted molar refractivity (Wildman–Crippen MR) is 65.4 cm³/mol. The van der Waals surface area contributed by atoms with Crippen LogP contribution in [0.1, 0.15) is 42.6 Å². The predicted octanol–water partition coefficient (Wildman–Crippen LogP) is 1.47. The first-order valence-electron chi connectivity index (χ1n) is 6.15. The van der Waals surface area contributed by atoms with Crippen molar-refractivity contribution < 1.29 is 4.79 Å². The van der Waals surface area contributed by atoms with E-state index in [1.165, 1.54) is 31.7 Å². The van der Waals surface area contributed by atoms with Crippen LogP contribution >= 0.6 is 0 Å². The van der Waals surface area contributed by atoms with Crippen LogP contribution in [-0.2, 0) is 0 Å². The van der Waals surface area contributed by atoms with Crippen molar-refractivity contribution >= 4 is 11.7 Å². The summed E-state index contributed by atoms with van der Waals surface area (Å²) in [5.74, 6) is 0.136. The minimum absolute atomic E-state index is 0.0856. The maximum Gasteiger partial charge on any atom is 0.276 e. The second-order valence-corrected chi connectivity index (χ2v) is 4.35. The van der Waals surface area contributed by atoms with Gasteiger partial charge in [0.1, 0.15) is 0 Å². The lowest BCUT2D eigenvalue weighted by Gasteiger charge is -2.24. The third kappa shape index (κ3) is 2.93. The molecule has 0 atom stereocenters. The van der Waals surface area contributed by atoms with Gasteiger partial charge in [-0.25, -0.2) is 9.97 Å². The Hall–Kier alpha value is -1.65. The molecule has 1 fully saturated rings. The van der Waals surface area contributed by atoms with Gasteiger partial charge in [-0.1, -0.05) is 19.3 Å². The zero-order valence-electron chi connectivity index (χ0n) is 9.93. The molecule has 5 heteroatoms. The molecule has 1 aliphatic rings. The molecule has 1 aromatic rings. The van der Waals surface area contributed by atoms with Crippen LogP contribution in [0.5, 0.6) is 0 Å². The van der Waals surface area contributed by atoms with E-state index in [9.17, 15) is 4.79 Å². The summed E-state index contributed by atoms with van der Waals surface area (Å²) in [5.41, 5.74) is 5.96. The molecule has 2 heterocycles. The first kappa shape index (κ1) is 11.8. The Kier molecular flexibility index (Phi) is 3.90. The summed E-state index contributed by atoms with van der Waals surface area (Å²) in [6.07, 6.45) is 8.79. The van der Waals surface area contributed by atoms with Crippen molar-refractivity contribution in [3.63, 3.8) is 0 Å². The van der Waals surface area contributed by atoms with Gasteiger partial charge in [-0.15, -0.1) is 0 Å². The molecule has 1 saturated heterocycles. The number of rotatable bonds is 1. The first-order valence-corrected chi connectivity index (χ1v) is 6.15. The highest BCUT2D eigenvalue weighted by Crippen LogP contribution is 2.14. The Balaban J connectivity index is 2.10. The summed E-state index contributed by atoms with van der Waals surface area (Å²) in [7, 11) is 0. The van der Waals surface area contributed by atoms with E-state index in [0.29, 0.717) is 0 Å². The van der Waals surface area contributed by atoms with Gasteiger partial charge < -0.3 is 10.6 Å². The summed E-state index contributed by atoms with van der Waals surface area (Å²) in [6.45, 7) is 1.60. The normalized spacial score (nSPS) is 17.3. The molecular weight excluding hydrogens is 216 g/mol. The highest BCUT2D eigenvalue weighted by atomic mass is 16.2. The Morgan fingerprint density at radius 1 is 1.06 bits per heavy atom. The molecule has 0 bridgehead atoms. The van der Waals surface area contributed by atoms with Gasteiger partial charge in [0, 0.05) is 25.5 Å². The highest BCUT2D eigenvalue weighted by molar-refractivity contribution is 5.96. The monoisotopic (exact) mass is 234 g/mol. The number of amides is 1.